The number of carbonyl (C=O) groups excluding carboxylic acids is 1. The lowest BCUT2D eigenvalue weighted by molar-refractivity contribution is 0.113. The van der Waals surface area contributed by atoms with E-state index in [2.05, 4.69) is 5.32 Å². The molecule has 1 aliphatic rings. The Morgan fingerprint density at radius 3 is 2.44 bits per heavy atom. The van der Waals surface area contributed by atoms with Crippen LogP contribution in [0.3, 0.4) is 0 Å². The highest BCUT2D eigenvalue weighted by Gasteiger charge is 2.21. The van der Waals surface area contributed by atoms with Crippen molar-refractivity contribution in [2.24, 2.45) is 0 Å². The number of carbonyl (C=O) groups is 1. The Morgan fingerprint density at radius 1 is 1.17 bits per heavy atom. The smallest absolute Gasteiger partial charge is 0.320 e. The summed E-state index contributed by atoms with van der Waals surface area (Å²) in [5, 5.41) is 3.25. The van der Waals surface area contributed by atoms with Crippen LogP contribution in [0.2, 0.25) is 0 Å². The van der Waals surface area contributed by atoms with Gasteiger partial charge in [0.05, 0.1) is 6.61 Å². The van der Waals surface area contributed by atoms with Crippen molar-refractivity contribution in [2.75, 3.05) is 66.7 Å². The molecule has 0 spiro atoms. The number of rotatable bonds is 7. The number of hydrogen-bond acceptors (Lipinski definition) is 4. The van der Waals surface area contributed by atoms with Crippen molar-refractivity contribution in [1.29, 1.82) is 0 Å². The van der Waals surface area contributed by atoms with Gasteiger partial charge in [0.2, 0.25) is 0 Å². The number of nitrogens with zero attached hydrogens (tertiary/aromatic N) is 2. The molecule has 0 unspecified atom stereocenters. The highest BCUT2D eigenvalue weighted by molar-refractivity contribution is 5.74. The number of methoxy groups -OCH3 is 2. The zero-order chi connectivity index (χ0) is 13.2. The Hall–Kier alpha value is -0.850. The van der Waals surface area contributed by atoms with Crippen LogP contribution in [0.5, 0.6) is 0 Å². The van der Waals surface area contributed by atoms with Crippen LogP contribution < -0.4 is 5.32 Å². The first-order valence-corrected chi connectivity index (χ1v) is 6.52. The molecule has 6 nitrogen and oxygen atoms in total. The monoisotopic (exact) mass is 259 g/mol. The van der Waals surface area contributed by atoms with E-state index in [1.807, 2.05) is 9.80 Å². The van der Waals surface area contributed by atoms with Gasteiger partial charge in [0.1, 0.15) is 0 Å². The molecule has 0 bridgehead atoms. The molecule has 0 saturated carbocycles. The van der Waals surface area contributed by atoms with Gasteiger partial charge in [0.25, 0.3) is 0 Å². The number of nitrogens with one attached hydrogen (secondary N) is 1. The van der Waals surface area contributed by atoms with Crippen molar-refractivity contribution >= 4 is 6.03 Å². The van der Waals surface area contributed by atoms with Crippen molar-refractivity contribution in [3.63, 3.8) is 0 Å². The van der Waals surface area contributed by atoms with E-state index in [1.54, 1.807) is 14.2 Å². The van der Waals surface area contributed by atoms with Gasteiger partial charge in [-0.3, -0.25) is 0 Å². The van der Waals surface area contributed by atoms with Gasteiger partial charge in [-0.1, -0.05) is 0 Å². The number of amides is 2. The van der Waals surface area contributed by atoms with Gasteiger partial charge in [0.15, 0.2) is 0 Å². The van der Waals surface area contributed by atoms with E-state index in [0.29, 0.717) is 19.8 Å². The molecule has 0 aliphatic carbocycles. The number of urea groups is 1. The zero-order valence-corrected chi connectivity index (χ0v) is 11.5. The summed E-state index contributed by atoms with van der Waals surface area (Å²) in [6.07, 6.45) is 0.859. The number of ether oxygens (including phenoxy) is 2. The Kier molecular flexibility index (Phi) is 7.71. The minimum Gasteiger partial charge on any atom is -0.385 e. The van der Waals surface area contributed by atoms with E-state index < -0.39 is 0 Å². The maximum Gasteiger partial charge on any atom is 0.320 e. The molecule has 6 heteroatoms. The fraction of sp³-hybridized carbons (Fsp3) is 0.917. The lowest BCUT2D eigenvalue weighted by Crippen LogP contribution is -2.52. The molecular formula is C12H25N3O3. The molecule has 18 heavy (non-hydrogen) atoms. The first-order valence-electron chi connectivity index (χ1n) is 6.52. The first kappa shape index (κ1) is 15.2. The Bertz CT molecular complexity index is 233. The molecule has 0 aromatic heterocycles. The van der Waals surface area contributed by atoms with Gasteiger partial charge in [-0.25, -0.2) is 4.79 Å². The van der Waals surface area contributed by atoms with Crippen LogP contribution in [-0.4, -0.2) is 82.5 Å². The van der Waals surface area contributed by atoms with Crippen LogP contribution >= 0.6 is 0 Å². The summed E-state index contributed by atoms with van der Waals surface area (Å²) in [5.74, 6) is 0. The largest absolute Gasteiger partial charge is 0.385 e. The molecule has 0 aromatic rings. The predicted octanol–water partition coefficient (Wildman–Crippen LogP) is -0.00350. The average molecular weight is 259 g/mol. The maximum absolute atomic E-state index is 12.3. The van der Waals surface area contributed by atoms with E-state index in [9.17, 15) is 4.79 Å². The molecule has 1 aliphatic heterocycles. The quantitative estimate of drug-likeness (QED) is 0.654. The third-order valence-corrected chi connectivity index (χ3v) is 3.00. The van der Waals surface area contributed by atoms with Crippen molar-refractivity contribution in [3.8, 4) is 0 Å². The second kappa shape index (κ2) is 9.13. The van der Waals surface area contributed by atoms with E-state index in [-0.39, 0.29) is 6.03 Å². The predicted molar refractivity (Wildman–Crippen MR) is 69.8 cm³/mol. The van der Waals surface area contributed by atoms with Crippen molar-refractivity contribution in [3.05, 3.63) is 0 Å². The molecule has 1 saturated heterocycles. The second-order valence-corrected chi connectivity index (χ2v) is 4.35. The minimum absolute atomic E-state index is 0.115. The van der Waals surface area contributed by atoms with Crippen LogP contribution in [0.4, 0.5) is 4.79 Å². The van der Waals surface area contributed by atoms with E-state index >= 15 is 0 Å². The van der Waals surface area contributed by atoms with E-state index in [0.717, 1.165) is 39.1 Å². The summed E-state index contributed by atoms with van der Waals surface area (Å²) in [4.78, 5) is 16.1. The summed E-state index contributed by atoms with van der Waals surface area (Å²) in [7, 11) is 3.33. The van der Waals surface area contributed by atoms with Crippen LogP contribution in [0, 0.1) is 0 Å². The van der Waals surface area contributed by atoms with Gasteiger partial charge in [-0.15, -0.1) is 0 Å². The fourth-order valence-electron chi connectivity index (χ4n) is 1.96. The van der Waals surface area contributed by atoms with Gasteiger partial charge < -0.3 is 24.6 Å². The third-order valence-electron chi connectivity index (χ3n) is 3.00. The molecule has 1 fully saturated rings. The fourth-order valence-corrected chi connectivity index (χ4v) is 1.96. The maximum atomic E-state index is 12.3. The zero-order valence-electron chi connectivity index (χ0n) is 11.5. The number of piperazine rings is 1. The van der Waals surface area contributed by atoms with Crippen molar-refractivity contribution in [1.82, 2.24) is 15.1 Å². The van der Waals surface area contributed by atoms with E-state index in [1.165, 1.54) is 0 Å². The van der Waals surface area contributed by atoms with Gasteiger partial charge in [-0.2, -0.15) is 0 Å². The SMILES string of the molecule is COCCCN(CCOC)C(=O)N1CCNCC1. The molecule has 106 valence electrons. The Morgan fingerprint density at radius 2 is 1.83 bits per heavy atom. The van der Waals surface area contributed by atoms with Crippen LogP contribution in [0.1, 0.15) is 6.42 Å². The summed E-state index contributed by atoms with van der Waals surface area (Å²) < 4.78 is 10.1. The normalized spacial score (nSPS) is 15.8. The molecule has 1 heterocycles. The van der Waals surface area contributed by atoms with Crippen LogP contribution in [0.25, 0.3) is 0 Å². The topological polar surface area (TPSA) is 54.0 Å². The highest BCUT2D eigenvalue weighted by atomic mass is 16.5. The first-order chi connectivity index (χ1) is 8.79. The summed E-state index contributed by atoms with van der Waals surface area (Å²) in [6.45, 7) is 5.94. The standard InChI is InChI=1S/C12H25N3O3/c1-17-10-3-6-14(9-11-18-2)12(16)15-7-4-13-5-8-15/h13H,3-11H2,1-2H3. The lowest BCUT2D eigenvalue weighted by atomic mass is 10.3. The van der Waals surface area contributed by atoms with Gasteiger partial charge in [0, 0.05) is 60.1 Å². The second-order valence-electron chi connectivity index (χ2n) is 4.35. The van der Waals surface area contributed by atoms with Crippen LogP contribution in [-0.2, 0) is 9.47 Å². The lowest BCUT2D eigenvalue weighted by Gasteiger charge is -2.33. The molecule has 0 aromatic carbocycles. The summed E-state index contributed by atoms with van der Waals surface area (Å²) >= 11 is 0. The molecule has 0 atom stereocenters. The number of hydrogen-bond donors (Lipinski definition) is 1. The van der Waals surface area contributed by atoms with E-state index in [4.69, 9.17) is 9.47 Å². The molecule has 2 amide bonds. The van der Waals surface area contributed by atoms with Gasteiger partial charge in [-0.05, 0) is 6.42 Å². The summed E-state index contributed by atoms with van der Waals surface area (Å²) in [6, 6.07) is 0.115. The van der Waals surface area contributed by atoms with Crippen molar-refractivity contribution in [2.45, 2.75) is 6.42 Å². The average Bonchev–Trinajstić information content (AvgIpc) is 2.43. The van der Waals surface area contributed by atoms with Crippen LogP contribution in [0.15, 0.2) is 0 Å². The summed E-state index contributed by atoms with van der Waals surface area (Å²) in [5.41, 5.74) is 0. The van der Waals surface area contributed by atoms with Gasteiger partial charge >= 0.3 is 6.03 Å². The Balaban J connectivity index is 2.42. The molecule has 1 rings (SSSR count). The molecular weight excluding hydrogens is 234 g/mol. The molecule has 1 N–H and O–H groups in total. The highest BCUT2D eigenvalue weighted by Crippen LogP contribution is 2.02. The molecule has 0 radical (unpaired) electrons. The Labute approximate surface area is 109 Å². The third kappa shape index (κ3) is 5.20. The van der Waals surface area contributed by atoms with Crippen molar-refractivity contribution < 1.29 is 14.3 Å². The minimum atomic E-state index is 0.115.